The van der Waals surface area contributed by atoms with Crippen molar-refractivity contribution in [2.24, 2.45) is 5.92 Å². The number of nitriles is 1. The fourth-order valence-corrected chi connectivity index (χ4v) is 3.24. The highest BCUT2D eigenvalue weighted by Crippen LogP contribution is 2.18. The summed E-state index contributed by atoms with van der Waals surface area (Å²) < 4.78 is 0. The summed E-state index contributed by atoms with van der Waals surface area (Å²) in [7, 11) is 0. The summed E-state index contributed by atoms with van der Waals surface area (Å²) in [6.07, 6.45) is 0. The van der Waals surface area contributed by atoms with Gasteiger partial charge in [0.1, 0.15) is 26.2 Å². The van der Waals surface area contributed by atoms with E-state index in [1.54, 1.807) is 0 Å². The SMILES string of the molecule is Cc1cccc(C)c1NC(=O)C[NH+]1CC[NH+](C[C@@H](C)C#N)CC1. The summed E-state index contributed by atoms with van der Waals surface area (Å²) in [4.78, 5) is 15.1. The number of rotatable bonds is 5. The van der Waals surface area contributed by atoms with E-state index in [1.807, 2.05) is 39.0 Å². The van der Waals surface area contributed by atoms with Crippen molar-refractivity contribution in [3.05, 3.63) is 29.3 Å². The fourth-order valence-electron chi connectivity index (χ4n) is 3.24. The molecular weight excluding hydrogens is 288 g/mol. The zero-order valence-corrected chi connectivity index (χ0v) is 14.4. The lowest BCUT2D eigenvalue weighted by atomic mass is 10.1. The van der Waals surface area contributed by atoms with Crippen LogP contribution in [0.3, 0.4) is 0 Å². The maximum atomic E-state index is 12.3. The summed E-state index contributed by atoms with van der Waals surface area (Å²) in [5.74, 6) is 0.199. The number of aryl methyl sites for hydroxylation is 2. The average molecular weight is 316 g/mol. The lowest BCUT2D eigenvalue weighted by Crippen LogP contribution is -3.28. The lowest BCUT2D eigenvalue weighted by Gasteiger charge is -2.29. The minimum atomic E-state index is 0.0891. The van der Waals surface area contributed by atoms with Gasteiger partial charge in [-0.05, 0) is 31.9 Å². The van der Waals surface area contributed by atoms with Gasteiger partial charge in [0.05, 0.1) is 18.5 Å². The van der Waals surface area contributed by atoms with E-state index in [0.717, 1.165) is 49.5 Å². The number of carbonyl (C=O) groups excluding carboxylic acids is 1. The summed E-state index contributed by atoms with van der Waals surface area (Å²) >= 11 is 0. The summed E-state index contributed by atoms with van der Waals surface area (Å²) in [6, 6.07) is 8.36. The van der Waals surface area contributed by atoms with Crippen LogP contribution >= 0.6 is 0 Å². The van der Waals surface area contributed by atoms with Crippen molar-refractivity contribution in [2.45, 2.75) is 20.8 Å². The smallest absolute Gasteiger partial charge is 0.279 e. The van der Waals surface area contributed by atoms with Gasteiger partial charge >= 0.3 is 0 Å². The molecule has 2 rings (SSSR count). The molecule has 5 nitrogen and oxygen atoms in total. The molecule has 1 aromatic carbocycles. The molecule has 1 fully saturated rings. The summed E-state index contributed by atoms with van der Waals surface area (Å²) in [5, 5.41) is 12.0. The molecule has 0 aromatic heterocycles. The standard InChI is InChI=1S/C18H26N4O/c1-14(11-19)12-21-7-9-22(10-8-21)13-17(23)20-18-15(2)5-4-6-16(18)3/h4-6,14H,7-10,12-13H2,1-3H3,(H,20,23)/p+2/t14-/m0/s1. The quantitative estimate of drug-likeness (QED) is 0.665. The maximum Gasteiger partial charge on any atom is 0.279 e. The number of hydrogen-bond donors (Lipinski definition) is 3. The number of para-hydroxylation sites is 1. The van der Waals surface area contributed by atoms with Gasteiger partial charge in [-0.2, -0.15) is 5.26 Å². The number of anilines is 1. The molecule has 1 aromatic rings. The maximum absolute atomic E-state index is 12.3. The van der Waals surface area contributed by atoms with E-state index in [1.165, 1.54) is 9.80 Å². The Morgan fingerprint density at radius 1 is 1.22 bits per heavy atom. The van der Waals surface area contributed by atoms with E-state index in [0.29, 0.717) is 6.54 Å². The van der Waals surface area contributed by atoms with Crippen LogP contribution < -0.4 is 15.1 Å². The number of piperazine rings is 1. The molecule has 0 unspecified atom stereocenters. The van der Waals surface area contributed by atoms with Crippen molar-refractivity contribution in [3.63, 3.8) is 0 Å². The monoisotopic (exact) mass is 316 g/mol. The molecule has 1 aliphatic rings. The van der Waals surface area contributed by atoms with E-state index in [4.69, 9.17) is 5.26 Å². The van der Waals surface area contributed by atoms with Crippen molar-refractivity contribution in [1.29, 1.82) is 5.26 Å². The first kappa shape index (κ1) is 17.5. The third-order valence-electron chi connectivity index (χ3n) is 4.64. The van der Waals surface area contributed by atoms with Crippen molar-refractivity contribution in [1.82, 2.24) is 0 Å². The topological polar surface area (TPSA) is 61.8 Å². The third kappa shape index (κ3) is 5.05. The summed E-state index contributed by atoms with van der Waals surface area (Å²) in [6.45, 7) is 11.5. The van der Waals surface area contributed by atoms with Gasteiger partial charge in [-0.1, -0.05) is 18.2 Å². The Balaban J connectivity index is 1.80. The number of carbonyl (C=O) groups is 1. The average Bonchev–Trinajstić information content (AvgIpc) is 2.53. The van der Waals surface area contributed by atoms with Gasteiger partial charge in [0.25, 0.3) is 5.91 Å². The number of amides is 1. The van der Waals surface area contributed by atoms with Crippen molar-refractivity contribution in [2.75, 3.05) is 44.6 Å². The molecule has 1 amide bonds. The Kier molecular flexibility index (Phi) is 6.14. The molecule has 0 radical (unpaired) electrons. The highest BCUT2D eigenvalue weighted by molar-refractivity contribution is 5.93. The molecule has 1 aliphatic heterocycles. The molecule has 124 valence electrons. The van der Waals surface area contributed by atoms with Gasteiger partial charge in [0.15, 0.2) is 6.54 Å². The van der Waals surface area contributed by atoms with E-state index in [9.17, 15) is 4.79 Å². The van der Waals surface area contributed by atoms with Crippen LogP contribution in [0.5, 0.6) is 0 Å². The highest BCUT2D eigenvalue weighted by atomic mass is 16.2. The second-order valence-electron chi connectivity index (χ2n) is 6.73. The zero-order valence-electron chi connectivity index (χ0n) is 14.4. The highest BCUT2D eigenvalue weighted by Gasteiger charge is 2.26. The van der Waals surface area contributed by atoms with Gasteiger partial charge in [-0.3, -0.25) is 4.79 Å². The first-order valence-electron chi connectivity index (χ1n) is 8.42. The minimum absolute atomic E-state index is 0.0891. The number of hydrogen-bond acceptors (Lipinski definition) is 2. The predicted molar refractivity (Wildman–Crippen MR) is 90.5 cm³/mol. The molecule has 1 atom stereocenters. The van der Waals surface area contributed by atoms with Crippen molar-refractivity contribution < 1.29 is 14.6 Å². The van der Waals surface area contributed by atoms with E-state index in [-0.39, 0.29) is 11.8 Å². The molecule has 1 heterocycles. The molecule has 23 heavy (non-hydrogen) atoms. The fraction of sp³-hybridized carbons (Fsp3) is 0.556. The molecule has 1 saturated heterocycles. The second kappa shape index (κ2) is 8.09. The van der Waals surface area contributed by atoms with Crippen LogP contribution in [0.15, 0.2) is 18.2 Å². The minimum Gasteiger partial charge on any atom is -0.325 e. The third-order valence-corrected chi connectivity index (χ3v) is 4.64. The van der Waals surface area contributed by atoms with Gasteiger partial charge in [-0.25, -0.2) is 0 Å². The largest absolute Gasteiger partial charge is 0.325 e. The number of nitrogens with one attached hydrogen (secondary N) is 3. The van der Waals surface area contributed by atoms with Gasteiger partial charge in [0.2, 0.25) is 0 Å². The van der Waals surface area contributed by atoms with Gasteiger partial charge in [-0.15, -0.1) is 0 Å². The molecule has 0 saturated carbocycles. The molecule has 5 heteroatoms. The molecule has 3 N–H and O–H groups in total. The second-order valence-corrected chi connectivity index (χ2v) is 6.73. The lowest BCUT2D eigenvalue weighted by molar-refractivity contribution is -1.01. The predicted octanol–water partition coefficient (Wildman–Crippen LogP) is -0.815. The Bertz CT molecular complexity index is 565. The van der Waals surface area contributed by atoms with Crippen molar-refractivity contribution >= 4 is 11.6 Å². The van der Waals surface area contributed by atoms with Crippen LogP contribution in [0.25, 0.3) is 0 Å². The van der Waals surface area contributed by atoms with Crippen LogP contribution in [0.4, 0.5) is 5.69 Å². The van der Waals surface area contributed by atoms with E-state index < -0.39 is 0 Å². The number of quaternary nitrogens is 2. The first-order chi connectivity index (χ1) is 11.0. The summed E-state index contributed by atoms with van der Waals surface area (Å²) in [5.41, 5.74) is 3.16. The van der Waals surface area contributed by atoms with Crippen LogP contribution in [-0.4, -0.2) is 45.2 Å². The number of benzene rings is 1. The van der Waals surface area contributed by atoms with E-state index >= 15 is 0 Å². The number of nitrogens with zero attached hydrogens (tertiary/aromatic N) is 1. The Labute approximate surface area is 138 Å². The zero-order chi connectivity index (χ0) is 16.8. The van der Waals surface area contributed by atoms with Crippen LogP contribution in [0.2, 0.25) is 0 Å². The molecule has 0 aliphatic carbocycles. The van der Waals surface area contributed by atoms with Crippen LogP contribution in [-0.2, 0) is 4.79 Å². The molecular formula is C18H28N4O+2. The Morgan fingerprint density at radius 3 is 2.35 bits per heavy atom. The Hall–Kier alpha value is -1.90. The van der Waals surface area contributed by atoms with Crippen LogP contribution in [0, 0.1) is 31.1 Å². The van der Waals surface area contributed by atoms with Gasteiger partial charge in [0, 0.05) is 5.69 Å². The first-order valence-corrected chi connectivity index (χ1v) is 8.42. The molecule has 0 spiro atoms. The van der Waals surface area contributed by atoms with Gasteiger partial charge < -0.3 is 15.1 Å². The Morgan fingerprint density at radius 2 is 1.78 bits per heavy atom. The molecule has 0 bridgehead atoms. The van der Waals surface area contributed by atoms with Crippen LogP contribution in [0.1, 0.15) is 18.1 Å². The normalized spacial score (nSPS) is 22.2. The van der Waals surface area contributed by atoms with E-state index in [2.05, 4.69) is 11.4 Å². The van der Waals surface area contributed by atoms with Crippen molar-refractivity contribution in [3.8, 4) is 6.07 Å².